The van der Waals surface area contributed by atoms with Gasteiger partial charge in [-0.15, -0.1) is 0 Å². The van der Waals surface area contributed by atoms with E-state index in [1.807, 2.05) is 12.1 Å². The zero-order chi connectivity index (χ0) is 39.8. The number of esters is 1. The molecule has 1 heterocycles. The Morgan fingerprint density at radius 2 is 1.58 bits per heavy atom. The molecule has 306 valence electrons. The number of nitrogens with one attached hydrogen (secondary N) is 2. The maximum Gasteiger partial charge on any atom is 0.471 e. The van der Waals surface area contributed by atoms with E-state index in [4.69, 9.17) is 4.74 Å². The molecule has 0 aromatic heterocycles. The third-order valence-corrected chi connectivity index (χ3v) is 18.5. The highest BCUT2D eigenvalue weighted by atomic mass is 32.2. The van der Waals surface area contributed by atoms with Crippen LogP contribution in [0.5, 0.6) is 0 Å². The molecule has 6 aliphatic rings. The molecule has 8 nitrogen and oxygen atoms in total. The molecule has 5 fully saturated rings. The molecule has 9 atom stereocenters. The van der Waals surface area contributed by atoms with Gasteiger partial charge in [0.05, 0.1) is 24.2 Å². The second-order valence-electron chi connectivity index (χ2n) is 19.4. The second kappa shape index (κ2) is 14.1. The van der Waals surface area contributed by atoms with Crippen LogP contribution in [0.1, 0.15) is 108 Å². The third-order valence-electron chi connectivity index (χ3n) is 16.9. The van der Waals surface area contributed by atoms with Gasteiger partial charge in [-0.05, 0) is 132 Å². The van der Waals surface area contributed by atoms with Crippen LogP contribution < -0.4 is 10.6 Å². The lowest BCUT2D eigenvalue weighted by atomic mass is 9.33. The van der Waals surface area contributed by atoms with Crippen LogP contribution in [-0.2, 0) is 19.4 Å². The predicted molar refractivity (Wildman–Crippen MR) is 208 cm³/mol. The van der Waals surface area contributed by atoms with E-state index < -0.39 is 21.9 Å². The molecular weight excluding hydrogens is 728 g/mol. The van der Waals surface area contributed by atoms with Crippen molar-refractivity contribution in [2.75, 3.05) is 51.3 Å². The summed E-state index contributed by atoms with van der Waals surface area (Å²) in [5.41, 5.74) is 2.81. The number of amides is 1. The van der Waals surface area contributed by atoms with Crippen LogP contribution in [0.3, 0.4) is 0 Å². The molecule has 1 aliphatic heterocycles. The van der Waals surface area contributed by atoms with Gasteiger partial charge >= 0.3 is 18.1 Å². The van der Waals surface area contributed by atoms with Crippen LogP contribution in [-0.4, -0.2) is 88.2 Å². The van der Waals surface area contributed by atoms with Crippen molar-refractivity contribution in [3.05, 3.63) is 41.5 Å². The number of methoxy groups -OCH3 is 1. The number of benzene rings is 1. The molecule has 4 saturated carbocycles. The Balaban J connectivity index is 1.15. The van der Waals surface area contributed by atoms with Gasteiger partial charge in [-0.2, -0.15) is 13.2 Å². The molecule has 0 spiro atoms. The molecule has 9 unspecified atom stereocenters. The van der Waals surface area contributed by atoms with E-state index in [-0.39, 0.29) is 63.1 Å². The van der Waals surface area contributed by atoms with Crippen LogP contribution >= 0.6 is 0 Å². The van der Waals surface area contributed by atoms with Crippen LogP contribution in [0.4, 0.5) is 13.2 Å². The number of allylic oxidation sites excluding steroid dienone is 2. The molecule has 5 aliphatic carbocycles. The summed E-state index contributed by atoms with van der Waals surface area (Å²) in [7, 11) is -1.58. The minimum absolute atomic E-state index is 0.0184. The Kier molecular flexibility index (Phi) is 10.5. The van der Waals surface area contributed by atoms with Crippen LogP contribution in [0.15, 0.2) is 30.3 Å². The quantitative estimate of drug-likeness (QED) is 0.267. The number of rotatable bonds is 8. The molecular formula is C43H62F3N3O5S. The highest BCUT2D eigenvalue weighted by Gasteiger charge is 2.70. The molecule has 55 heavy (non-hydrogen) atoms. The molecule has 0 bridgehead atoms. The highest BCUT2D eigenvalue weighted by molar-refractivity contribution is 7.91. The van der Waals surface area contributed by atoms with Crippen LogP contribution in [0.2, 0.25) is 0 Å². The highest BCUT2D eigenvalue weighted by Crippen LogP contribution is 2.76. The van der Waals surface area contributed by atoms with Gasteiger partial charge in [0.1, 0.15) is 0 Å². The number of carbonyl (C=O) groups is 2. The van der Waals surface area contributed by atoms with E-state index in [1.54, 1.807) is 0 Å². The average Bonchev–Trinajstić information content (AvgIpc) is 3.49. The molecule has 1 aromatic carbocycles. The van der Waals surface area contributed by atoms with Crippen molar-refractivity contribution in [2.45, 2.75) is 104 Å². The molecule has 1 saturated heterocycles. The number of sulfone groups is 1. The van der Waals surface area contributed by atoms with Gasteiger partial charge < -0.3 is 20.3 Å². The fourth-order valence-electron chi connectivity index (χ4n) is 14.0. The van der Waals surface area contributed by atoms with Gasteiger partial charge in [-0.1, -0.05) is 52.8 Å². The average molecular weight is 790 g/mol. The second-order valence-corrected chi connectivity index (χ2v) is 21.7. The number of fused-ring (bicyclic) bond motifs is 7. The Morgan fingerprint density at radius 3 is 2.24 bits per heavy atom. The SMILES string of the molecule is COC(=O)c1ccc(C2=CCC3(C)C(CCC4(C)C3CCC3C5C(CNC(=O)C(F)(F)F)CCC5(NCCN5CCS(=O)(=O)CC5)CCC34C)C2(C)C)cc1. The predicted octanol–water partition coefficient (Wildman–Crippen LogP) is 7.30. The van der Waals surface area contributed by atoms with Crippen molar-refractivity contribution in [2.24, 2.45) is 51.2 Å². The lowest BCUT2D eigenvalue weighted by Gasteiger charge is -2.72. The van der Waals surface area contributed by atoms with Gasteiger partial charge in [-0.25, -0.2) is 13.2 Å². The van der Waals surface area contributed by atoms with E-state index in [1.165, 1.54) is 12.7 Å². The summed E-state index contributed by atoms with van der Waals surface area (Å²) in [6.07, 6.45) is 6.47. The smallest absolute Gasteiger partial charge is 0.465 e. The Hall–Kier alpha value is -2.44. The first-order valence-corrected chi connectivity index (χ1v) is 22.5. The van der Waals surface area contributed by atoms with E-state index >= 15 is 0 Å². The zero-order valence-electron chi connectivity index (χ0n) is 33.6. The monoisotopic (exact) mass is 789 g/mol. The van der Waals surface area contributed by atoms with Crippen molar-refractivity contribution in [1.82, 2.24) is 15.5 Å². The standard InChI is InChI=1S/C43H62F3N3O5S/c1-38(2)31(28-7-9-29(10-8-28)36(50)54-6)14-16-39(3)33(38)15-17-41(5)34(39)12-11-32-35-30(27-47-37(51)43(44,45)46)13-18-42(35,20-19-40(32,41)4)48-21-22-49-23-25-55(52,53)26-24-49/h7-10,14,30,32-35,48H,11-13,15-27H2,1-6H3,(H,47,51). The maximum absolute atomic E-state index is 13.4. The lowest BCUT2D eigenvalue weighted by molar-refractivity contribution is -0.220. The summed E-state index contributed by atoms with van der Waals surface area (Å²) < 4.78 is 69.2. The Bertz CT molecular complexity index is 1780. The van der Waals surface area contributed by atoms with Gasteiger partial charge in [0, 0.05) is 38.3 Å². The number of halogens is 3. The summed E-state index contributed by atoms with van der Waals surface area (Å²) >= 11 is 0. The summed E-state index contributed by atoms with van der Waals surface area (Å²) in [6.45, 7) is 14.9. The largest absolute Gasteiger partial charge is 0.471 e. The number of ether oxygens (including phenoxy) is 1. The van der Waals surface area contributed by atoms with E-state index in [2.05, 4.69) is 68.4 Å². The van der Waals surface area contributed by atoms with E-state index in [0.717, 1.165) is 69.9 Å². The first-order chi connectivity index (χ1) is 25.7. The van der Waals surface area contributed by atoms with Gasteiger partial charge in [-0.3, -0.25) is 4.79 Å². The zero-order valence-corrected chi connectivity index (χ0v) is 34.4. The molecule has 1 aromatic rings. The topological polar surface area (TPSA) is 105 Å². The lowest BCUT2D eigenvalue weighted by Crippen LogP contribution is -2.68. The third kappa shape index (κ3) is 6.79. The van der Waals surface area contributed by atoms with Gasteiger partial charge in [0.25, 0.3) is 0 Å². The first kappa shape index (κ1) is 40.7. The fourth-order valence-corrected chi connectivity index (χ4v) is 15.3. The van der Waals surface area contributed by atoms with E-state index in [0.29, 0.717) is 43.0 Å². The fraction of sp³-hybridized carbons (Fsp3) is 0.767. The molecule has 0 radical (unpaired) electrons. The molecule has 12 heteroatoms. The van der Waals surface area contributed by atoms with Gasteiger partial charge in [0.15, 0.2) is 9.84 Å². The Morgan fingerprint density at radius 1 is 0.891 bits per heavy atom. The summed E-state index contributed by atoms with van der Waals surface area (Å²) in [5.74, 6) is -0.502. The number of hydrogen-bond donors (Lipinski definition) is 2. The van der Waals surface area contributed by atoms with Crippen LogP contribution in [0, 0.1) is 51.2 Å². The minimum atomic E-state index is -4.91. The van der Waals surface area contributed by atoms with Crippen molar-refractivity contribution in [1.29, 1.82) is 0 Å². The summed E-state index contributed by atoms with van der Waals surface area (Å²) in [6, 6.07) is 7.82. The van der Waals surface area contributed by atoms with Crippen molar-refractivity contribution >= 4 is 27.3 Å². The molecule has 1 amide bonds. The molecule has 2 N–H and O–H groups in total. The number of nitrogens with zero attached hydrogens (tertiary/aromatic N) is 1. The molecule has 7 rings (SSSR count). The van der Waals surface area contributed by atoms with Crippen LogP contribution in [0.25, 0.3) is 5.57 Å². The number of alkyl halides is 3. The van der Waals surface area contributed by atoms with Crippen molar-refractivity contribution < 1.29 is 35.9 Å². The van der Waals surface area contributed by atoms with Gasteiger partial charge in [0.2, 0.25) is 0 Å². The normalized spacial score (nSPS) is 39.4. The van der Waals surface area contributed by atoms with Crippen molar-refractivity contribution in [3.63, 3.8) is 0 Å². The van der Waals surface area contributed by atoms with Crippen molar-refractivity contribution in [3.8, 4) is 0 Å². The minimum Gasteiger partial charge on any atom is -0.465 e. The first-order valence-electron chi connectivity index (χ1n) is 20.6. The van der Waals surface area contributed by atoms with E-state index in [9.17, 15) is 31.2 Å². The summed E-state index contributed by atoms with van der Waals surface area (Å²) in [4.78, 5) is 26.5. The Labute approximate surface area is 326 Å². The summed E-state index contributed by atoms with van der Waals surface area (Å²) in [5, 5.41) is 6.28. The number of carbonyl (C=O) groups excluding carboxylic acids is 2. The maximum atomic E-state index is 13.4. The number of hydrogen-bond acceptors (Lipinski definition) is 7.